The molecule has 0 bridgehead atoms. The molecule has 2 aliphatic rings. The molecule has 124 valence electrons. The number of ether oxygens (including phenoxy) is 1. The fourth-order valence-electron chi connectivity index (χ4n) is 2.76. The first-order valence-corrected chi connectivity index (χ1v) is 9.45. The standard InChI is InChI=1S/C14H29N3O3S/c1-3-16(10-11-20-2)21(18,19)17-8-6-13(7-9-17)12-15-14-4-5-14/h13-15H,3-12H2,1-2H3. The van der Waals surface area contributed by atoms with Crippen LogP contribution >= 0.6 is 0 Å². The van der Waals surface area contributed by atoms with Crippen LogP contribution in [0, 0.1) is 5.92 Å². The van der Waals surface area contributed by atoms with E-state index in [9.17, 15) is 8.42 Å². The highest BCUT2D eigenvalue weighted by atomic mass is 32.2. The Bertz CT molecular complexity index is 404. The van der Waals surface area contributed by atoms with Crippen molar-refractivity contribution < 1.29 is 13.2 Å². The van der Waals surface area contributed by atoms with Gasteiger partial charge in [0.1, 0.15) is 0 Å². The van der Waals surface area contributed by atoms with Gasteiger partial charge in [0.15, 0.2) is 0 Å². The molecular formula is C14H29N3O3S. The summed E-state index contributed by atoms with van der Waals surface area (Å²) in [5.74, 6) is 0.617. The van der Waals surface area contributed by atoms with Crippen molar-refractivity contribution in [1.29, 1.82) is 0 Å². The van der Waals surface area contributed by atoms with E-state index in [1.807, 2.05) is 6.92 Å². The topological polar surface area (TPSA) is 61.9 Å². The quantitative estimate of drug-likeness (QED) is 0.678. The van der Waals surface area contributed by atoms with Crippen molar-refractivity contribution in [3.8, 4) is 0 Å². The van der Waals surface area contributed by atoms with Gasteiger partial charge in [0.2, 0.25) is 0 Å². The molecule has 1 N–H and O–H groups in total. The summed E-state index contributed by atoms with van der Waals surface area (Å²) < 4.78 is 33.3. The van der Waals surface area contributed by atoms with Crippen molar-refractivity contribution in [2.75, 3.05) is 46.4 Å². The minimum atomic E-state index is -3.32. The van der Waals surface area contributed by atoms with Crippen LogP contribution in [0.3, 0.4) is 0 Å². The van der Waals surface area contributed by atoms with E-state index in [0.29, 0.717) is 38.7 Å². The number of likely N-dealkylation sites (N-methyl/N-ethyl adjacent to an activating group) is 1. The fourth-order valence-corrected chi connectivity index (χ4v) is 4.39. The summed E-state index contributed by atoms with van der Waals surface area (Å²) in [7, 11) is -1.73. The van der Waals surface area contributed by atoms with Crippen LogP contribution in [0.15, 0.2) is 0 Å². The highest BCUT2D eigenvalue weighted by molar-refractivity contribution is 7.86. The Morgan fingerprint density at radius 3 is 2.43 bits per heavy atom. The summed E-state index contributed by atoms with van der Waals surface area (Å²) in [4.78, 5) is 0. The molecule has 0 aromatic heterocycles. The van der Waals surface area contributed by atoms with Gasteiger partial charge in [0.25, 0.3) is 10.2 Å². The summed E-state index contributed by atoms with van der Waals surface area (Å²) in [6, 6.07) is 0.733. The first-order chi connectivity index (χ1) is 10.1. The summed E-state index contributed by atoms with van der Waals surface area (Å²) in [5.41, 5.74) is 0. The minimum Gasteiger partial charge on any atom is -0.383 e. The highest BCUT2D eigenvalue weighted by Crippen LogP contribution is 2.23. The molecule has 0 spiro atoms. The first kappa shape index (κ1) is 17.1. The third-order valence-corrected chi connectivity index (χ3v) is 6.51. The maximum absolute atomic E-state index is 12.6. The second kappa shape index (κ2) is 7.87. The number of piperidine rings is 1. The lowest BCUT2D eigenvalue weighted by atomic mass is 9.98. The fraction of sp³-hybridized carbons (Fsp3) is 1.00. The van der Waals surface area contributed by atoms with Gasteiger partial charge in [-0.05, 0) is 38.1 Å². The zero-order valence-corrected chi connectivity index (χ0v) is 14.1. The molecule has 1 saturated heterocycles. The average Bonchev–Trinajstić information content (AvgIpc) is 3.30. The molecule has 1 aliphatic heterocycles. The number of methoxy groups -OCH3 is 1. The van der Waals surface area contributed by atoms with Gasteiger partial charge in [-0.3, -0.25) is 0 Å². The van der Waals surface area contributed by atoms with E-state index in [1.54, 1.807) is 11.4 Å². The van der Waals surface area contributed by atoms with Crippen LogP contribution in [0.1, 0.15) is 32.6 Å². The molecule has 0 radical (unpaired) electrons. The molecule has 1 heterocycles. The molecule has 7 heteroatoms. The van der Waals surface area contributed by atoms with Crippen molar-refractivity contribution in [2.24, 2.45) is 5.92 Å². The molecule has 2 fully saturated rings. The third kappa shape index (κ3) is 4.89. The molecule has 0 aromatic carbocycles. The van der Waals surface area contributed by atoms with Crippen LogP contribution < -0.4 is 5.32 Å². The Balaban J connectivity index is 1.80. The second-order valence-electron chi connectivity index (χ2n) is 6.02. The van der Waals surface area contributed by atoms with Gasteiger partial charge in [-0.25, -0.2) is 0 Å². The van der Waals surface area contributed by atoms with Crippen LogP contribution in [0.2, 0.25) is 0 Å². The third-order valence-electron chi connectivity index (χ3n) is 4.40. The Labute approximate surface area is 129 Å². The lowest BCUT2D eigenvalue weighted by Gasteiger charge is -2.34. The first-order valence-electron chi connectivity index (χ1n) is 8.05. The molecule has 0 aromatic rings. The van der Waals surface area contributed by atoms with E-state index in [2.05, 4.69) is 5.32 Å². The molecule has 21 heavy (non-hydrogen) atoms. The van der Waals surface area contributed by atoms with Crippen LogP contribution in [0.4, 0.5) is 0 Å². The minimum absolute atomic E-state index is 0.429. The van der Waals surface area contributed by atoms with E-state index in [0.717, 1.165) is 25.4 Å². The van der Waals surface area contributed by atoms with Crippen molar-refractivity contribution in [3.63, 3.8) is 0 Å². The van der Waals surface area contributed by atoms with Crippen molar-refractivity contribution in [3.05, 3.63) is 0 Å². The maximum Gasteiger partial charge on any atom is 0.282 e. The van der Waals surface area contributed by atoms with Gasteiger partial charge in [0, 0.05) is 39.3 Å². The van der Waals surface area contributed by atoms with E-state index >= 15 is 0 Å². The lowest BCUT2D eigenvalue weighted by Crippen LogP contribution is -2.48. The van der Waals surface area contributed by atoms with Gasteiger partial charge in [-0.15, -0.1) is 0 Å². The van der Waals surface area contributed by atoms with E-state index in [-0.39, 0.29) is 0 Å². The summed E-state index contributed by atoms with van der Waals surface area (Å²) in [5, 5.41) is 3.55. The Hall–Kier alpha value is -0.210. The normalized spacial score (nSPS) is 22.0. The number of hydrogen-bond acceptors (Lipinski definition) is 4. The van der Waals surface area contributed by atoms with Crippen molar-refractivity contribution >= 4 is 10.2 Å². The second-order valence-corrected chi connectivity index (χ2v) is 7.95. The van der Waals surface area contributed by atoms with Gasteiger partial charge < -0.3 is 10.1 Å². The Morgan fingerprint density at radius 2 is 1.90 bits per heavy atom. The molecule has 1 aliphatic carbocycles. The zero-order valence-electron chi connectivity index (χ0n) is 13.3. The highest BCUT2D eigenvalue weighted by Gasteiger charge is 2.32. The molecule has 2 rings (SSSR count). The molecule has 6 nitrogen and oxygen atoms in total. The van der Waals surface area contributed by atoms with Crippen LogP contribution in [-0.2, 0) is 14.9 Å². The van der Waals surface area contributed by atoms with E-state index < -0.39 is 10.2 Å². The predicted octanol–water partition coefficient (Wildman–Crippen LogP) is 0.664. The lowest BCUT2D eigenvalue weighted by molar-refractivity contribution is 0.174. The summed E-state index contributed by atoms with van der Waals surface area (Å²) >= 11 is 0. The largest absolute Gasteiger partial charge is 0.383 e. The average molecular weight is 319 g/mol. The van der Waals surface area contributed by atoms with Gasteiger partial charge in [-0.2, -0.15) is 17.0 Å². The smallest absolute Gasteiger partial charge is 0.282 e. The van der Waals surface area contributed by atoms with Crippen LogP contribution in [0.5, 0.6) is 0 Å². The van der Waals surface area contributed by atoms with Crippen LogP contribution in [-0.4, -0.2) is 69.5 Å². The molecule has 0 atom stereocenters. The van der Waals surface area contributed by atoms with Crippen LogP contribution in [0.25, 0.3) is 0 Å². The zero-order chi connectivity index (χ0) is 15.3. The Morgan fingerprint density at radius 1 is 1.24 bits per heavy atom. The monoisotopic (exact) mass is 319 g/mol. The molecule has 0 amide bonds. The molecule has 0 unspecified atom stereocenters. The molecular weight excluding hydrogens is 290 g/mol. The summed E-state index contributed by atoms with van der Waals surface area (Å²) in [6.45, 7) is 5.56. The number of nitrogens with one attached hydrogen (secondary N) is 1. The SMILES string of the molecule is CCN(CCOC)S(=O)(=O)N1CCC(CNC2CC2)CC1. The maximum atomic E-state index is 12.6. The van der Waals surface area contributed by atoms with E-state index in [1.165, 1.54) is 17.1 Å². The van der Waals surface area contributed by atoms with Gasteiger partial charge in [0.05, 0.1) is 6.61 Å². The number of rotatable bonds is 9. The van der Waals surface area contributed by atoms with Gasteiger partial charge in [-0.1, -0.05) is 6.92 Å². The van der Waals surface area contributed by atoms with Gasteiger partial charge >= 0.3 is 0 Å². The van der Waals surface area contributed by atoms with Crippen molar-refractivity contribution in [2.45, 2.75) is 38.6 Å². The van der Waals surface area contributed by atoms with E-state index in [4.69, 9.17) is 4.74 Å². The Kier molecular flexibility index (Phi) is 6.43. The molecule has 1 saturated carbocycles. The predicted molar refractivity (Wildman–Crippen MR) is 83.4 cm³/mol. The van der Waals surface area contributed by atoms with Crippen molar-refractivity contribution in [1.82, 2.24) is 13.9 Å². The summed E-state index contributed by atoms with van der Waals surface area (Å²) in [6.07, 6.45) is 4.53. The number of hydrogen-bond donors (Lipinski definition) is 1. The number of nitrogens with zero attached hydrogens (tertiary/aromatic N) is 2.